The van der Waals surface area contributed by atoms with Gasteiger partial charge in [0.1, 0.15) is 6.61 Å². The molecule has 0 fully saturated rings. The third-order valence-electron chi connectivity index (χ3n) is 2.09. The Kier molecular flexibility index (Phi) is 5.75. The van der Waals surface area contributed by atoms with Gasteiger partial charge < -0.3 is 15.2 Å². The van der Waals surface area contributed by atoms with Gasteiger partial charge in [0.05, 0.1) is 7.11 Å². The first-order valence-electron chi connectivity index (χ1n) is 5.06. The van der Waals surface area contributed by atoms with Gasteiger partial charge in [-0.3, -0.25) is 0 Å². The van der Waals surface area contributed by atoms with Crippen molar-refractivity contribution in [2.75, 3.05) is 20.3 Å². The Morgan fingerprint density at radius 2 is 2.19 bits per heavy atom. The Labute approximate surface area is 101 Å². The van der Waals surface area contributed by atoms with Crippen molar-refractivity contribution >= 4 is 11.6 Å². The Morgan fingerprint density at radius 1 is 1.38 bits per heavy atom. The van der Waals surface area contributed by atoms with E-state index in [9.17, 15) is 0 Å². The highest BCUT2D eigenvalue weighted by Crippen LogP contribution is 2.28. The van der Waals surface area contributed by atoms with Gasteiger partial charge in [0.2, 0.25) is 0 Å². The molecule has 0 aliphatic rings. The maximum atomic E-state index is 5.52. The van der Waals surface area contributed by atoms with E-state index in [-0.39, 0.29) is 0 Å². The molecule has 0 radical (unpaired) electrons. The number of hydrogen-bond donors (Lipinski definition) is 1. The average molecular weight is 242 g/mol. The zero-order chi connectivity index (χ0) is 11.8. The van der Waals surface area contributed by atoms with E-state index in [1.807, 2.05) is 18.2 Å². The minimum Gasteiger partial charge on any atom is -0.493 e. The minimum absolute atomic E-state index is 0.423. The summed E-state index contributed by atoms with van der Waals surface area (Å²) in [5.74, 6) is 1.42. The van der Waals surface area contributed by atoms with E-state index in [1.165, 1.54) is 5.54 Å². The number of ether oxygens (including phenoxy) is 2. The molecule has 16 heavy (non-hydrogen) atoms. The molecule has 4 heteroatoms. The lowest BCUT2D eigenvalue weighted by atomic mass is 10.1. The fourth-order valence-corrected chi connectivity index (χ4v) is 1.40. The van der Waals surface area contributed by atoms with Crippen LogP contribution < -0.4 is 15.2 Å². The van der Waals surface area contributed by atoms with Crippen LogP contribution in [-0.4, -0.2) is 20.3 Å². The Hall–Kier alpha value is -1.19. The molecule has 0 heterocycles. The number of methoxy groups -OCH3 is 1. The monoisotopic (exact) mass is 241 g/mol. The SMILES string of the molecule is COc1ccc(CCN)cc1OC/C=C/Cl. The van der Waals surface area contributed by atoms with Crippen molar-refractivity contribution in [3.05, 3.63) is 35.4 Å². The summed E-state index contributed by atoms with van der Waals surface area (Å²) in [6.45, 7) is 1.04. The molecule has 0 unspecified atom stereocenters. The van der Waals surface area contributed by atoms with Crippen LogP contribution in [0.1, 0.15) is 5.56 Å². The molecule has 0 atom stereocenters. The van der Waals surface area contributed by atoms with Crippen LogP contribution in [0.2, 0.25) is 0 Å². The van der Waals surface area contributed by atoms with Crippen molar-refractivity contribution in [1.29, 1.82) is 0 Å². The van der Waals surface area contributed by atoms with E-state index in [1.54, 1.807) is 13.2 Å². The minimum atomic E-state index is 0.423. The van der Waals surface area contributed by atoms with Gasteiger partial charge in [0.25, 0.3) is 0 Å². The van der Waals surface area contributed by atoms with Crippen LogP contribution >= 0.6 is 11.6 Å². The third-order valence-corrected chi connectivity index (χ3v) is 2.26. The highest BCUT2D eigenvalue weighted by atomic mass is 35.5. The second-order valence-corrected chi connectivity index (χ2v) is 3.45. The number of rotatable bonds is 6. The van der Waals surface area contributed by atoms with Gasteiger partial charge in [-0.15, -0.1) is 0 Å². The molecule has 0 amide bonds. The van der Waals surface area contributed by atoms with Crippen molar-refractivity contribution < 1.29 is 9.47 Å². The first-order chi connectivity index (χ1) is 7.81. The summed E-state index contributed by atoms with van der Waals surface area (Å²) < 4.78 is 10.7. The number of nitrogens with two attached hydrogens (primary N) is 1. The predicted octanol–water partition coefficient (Wildman–Crippen LogP) is 2.33. The maximum absolute atomic E-state index is 5.52. The third kappa shape index (κ3) is 3.76. The first kappa shape index (κ1) is 12.9. The zero-order valence-electron chi connectivity index (χ0n) is 9.28. The highest BCUT2D eigenvalue weighted by molar-refractivity contribution is 6.25. The zero-order valence-corrected chi connectivity index (χ0v) is 10.0. The Bertz CT molecular complexity index is 353. The van der Waals surface area contributed by atoms with E-state index in [0.717, 1.165) is 12.0 Å². The lowest BCUT2D eigenvalue weighted by Gasteiger charge is -2.10. The fraction of sp³-hybridized carbons (Fsp3) is 0.333. The summed E-state index contributed by atoms with van der Waals surface area (Å²) in [6.07, 6.45) is 2.54. The van der Waals surface area contributed by atoms with Gasteiger partial charge in [-0.05, 0) is 36.7 Å². The van der Waals surface area contributed by atoms with E-state index in [0.29, 0.717) is 24.7 Å². The lowest BCUT2D eigenvalue weighted by molar-refractivity contribution is 0.326. The first-order valence-corrected chi connectivity index (χ1v) is 5.50. The topological polar surface area (TPSA) is 44.5 Å². The number of benzene rings is 1. The Morgan fingerprint density at radius 3 is 2.81 bits per heavy atom. The average Bonchev–Trinajstić information content (AvgIpc) is 2.30. The van der Waals surface area contributed by atoms with Gasteiger partial charge in [-0.1, -0.05) is 17.7 Å². The Balaban J connectivity index is 2.79. The molecule has 0 aliphatic heterocycles. The van der Waals surface area contributed by atoms with Gasteiger partial charge in [-0.2, -0.15) is 0 Å². The molecule has 1 rings (SSSR count). The molecule has 1 aromatic rings. The van der Waals surface area contributed by atoms with Crippen LogP contribution in [0, 0.1) is 0 Å². The summed E-state index contributed by atoms with van der Waals surface area (Å²) in [7, 11) is 1.61. The molecule has 0 saturated heterocycles. The van der Waals surface area contributed by atoms with Gasteiger partial charge in [0.15, 0.2) is 11.5 Å². The fourth-order valence-electron chi connectivity index (χ4n) is 1.33. The summed E-state index contributed by atoms with van der Waals surface area (Å²) >= 11 is 5.41. The smallest absolute Gasteiger partial charge is 0.161 e. The number of halogens is 1. The van der Waals surface area contributed by atoms with Crippen molar-refractivity contribution in [3.63, 3.8) is 0 Å². The quantitative estimate of drug-likeness (QED) is 0.832. The molecule has 3 nitrogen and oxygen atoms in total. The van der Waals surface area contributed by atoms with E-state index in [4.69, 9.17) is 26.8 Å². The predicted molar refractivity (Wildman–Crippen MR) is 66.2 cm³/mol. The van der Waals surface area contributed by atoms with Gasteiger partial charge in [0, 0.05) is 5.54 Å². The molecule has 2 N–H and O–H groups in total. The summed E-state index contributed by atoms with van der Waals surface area (Å²) in [6, 6.07) is 5.80. The van der Waals surface area contributed by atoms with E-state index >= 15 is 0 Å². The van der Waals surface area contributed by atoms with E-state index < -0.39 is 0 Å². The second kappa shape index (κ2) is 7.14. The van der Waals surface area contributed by atoms with Crippen LogP contribution in [0.3, 0.4) is 0 Å². The second-order valence-electron chi connectivity index (χ2n) is 3.20. The molecule has 0 aliphatic carbocycles. The van der Waals surface area contributed by atoms with Crippen LogP contribution in [0.25, 0.3) is 0 Å². The van der Waals surface area contributed by atoms with E-state index in [2.05, 4.69) is 0 Å². The molecule has 1 aromatic carbocycles. The van der Waals surface area contributed by atoms with Crippen LogP contribution in [0.5, 0.6) is 11.5 Å². The molecule has 0 saturated carbocycles. The van der Waals surface area contributed by atoms with Crippen molar-refractivity contribution in [3.8, 4) is 11.5 Å². The van der Waals surface area contributed by atoms with Crippen molar-refractivity contribution in [2.24, 2.45) is 5.73 Å². The molecule has 0 bridgehead atoms. The number of hydrogen-bond acceptors (Lipinski definition) is 3. The van der Waals surface area contributed by atoms with Crippen LogP contribution in [0.15, 0.2) is 29.8 Å². The normalized spacial score (nSPS) is 10.7. The van der Waals surface area contributed by atoms with Crippen LogP contribution in [-0.2, 0) is 6.42 Å². The summed E-state index contributed by atoms with van der Waals surface area (Å²) in [5.41, 5.74) is 8.06. The lowest BCUT2D eigenvalue weighted by Crippen LogP contribution is -2.03. The van der Waals surface area contributed by atoms with Crippen molar-refractivity contribution in [2.45, 2.75) is 6.42 Å². The van der Waals surface area contributed by atoms with Crippen molar-refractivity contribution in [1.82, 2.24) is 0 Å². The standard InChI is InChI=1S/C12H16ClNO2/c1-15-11-4-3-10(5-7-14)9-12(11)16-8-2-6-13/h2-4,6,9H,5,7-8,14H2,1H3/b6-2+. The summed E-state index contributed by atoms with van der Waals surface area (Å²) in [5, 5.41) is 0. The highest BCUT2D eigenvalue weighted by Gasteiger charge is 2.04. The molecule has 88 valence electrons. The molecular weight excluding hydrogens is 226 g/mol. The molecule has 0 spiro atoms. The van der Waals surface area contributed by atoms with Gasteiger partial charge >= 0.3 is 0 Å². The molecule has 0 aromatic heterocycles. The molecular formula is C12H16ClNO2. The maximum Gasteiger partial charge on any atom is 0.161 e. The largest absolute Gasteiger partial charge is 0.493 e. The van der Waals surface area contributed by atoms with Crippen LogP contribution in [0.4, 0.5) is 0 Å². The summed E-state index contributed by atoms with van der Waals surface area (Å²) in [4.78, 5) is 0. The van der Waals surface area contributed by atoms with Gasteiger partial charge in [-0.25, -0.2) is 0 Å².